The molecule has 0 aromatic carbocycles. The van der Waals surface area contributed by atoms with Gasteiger partial charge in [-0.15, -0.1) is 0 Å². The summed E-state index contributed by atoms with van der Waals surface area (Å²) in [7, 11) is 0. The van der Waals surface area contributed by atoms with Crippen molar-refractivity contribution in [3.05, 3.63) is 34.2 Å². The highest BCUT2D eigenvalue weighted by molar-refractivity contribution is 5.72. The molecule has 0 spiro atoms. The highest BCUT2D eigenvalue weighted by atomic mass is 16.1. The summed E-state index contributed by atoms with van der Waals surface area (Å²) in [5.41, 5.74) is 1.02. The highest BCUT2D eigenvalue weighted by Crippen LogP contribution is 1.94. The molecule has 0 unspecified atom stereocenters. The lowest BCUT2D eigenvalue weighted by molar-refractivity contribution is -0.118. The van der Waals surface area contributed by atoms with Crippen LogP contribution in [0.4, 0.5) is 0 Å². The number of aromatic nitrogens is 1. The summed E-state index contributed by atoms with van der Waals surface area (Å²) in [6.07, 6.45) is 2.63. The van der Waals surface area contributed by atoms with Crippen molar-refractivity contribution >= 4 is 5.91 Å². The second-order valence-electron chi connectivity index (χ2n) is 3.40. The van der Waals surface area contributed by atoms with Crippen molar-refractivity contribution in [3.63, 3.8) is 0 Å². The number of nitrogens with zero attached hydrogens (tertiary/aromatic N) is 1. The predicted molar refractivity (Wildman–Crippen MR) is 58.8 cm³/mol. The Labute approximate surface area is 88.9 Å². The van der Waals surface area contributed by atoms with Crippen LogP contribution in [0.25, 0.3) is 0 Å². The SMILES string of the molecule is CCc1ccn(CCNC(C)=O)c(=O)c1. The summed E-state index contributed by atoms with van der Waals surface area (Å²) in [5, 5.41) is 2.65. The topological polar surface area (TPSA) is 51.1 Å². The van der Waals surface area contributed by atoms with Crippen LogP contribution >= 0.6 is 0 Å². The summed E-state index contributed by atoms with van der Waals surface area (Å²) in [6.45, 7) is 4.47. The molecule has 0 aliphatic carbocycles. The van der Waals surface area contributed by atoms with E-state index in [1.165, 1.54) is 6.92 Å². The van der Waals surface area contributed by atoms with Gasteiger partial charge in [0.15, 0.2) is 0 Å². The van der Waals surface area contributed by atoms with Gasteiger partial charge >= 0.3 is 0 Å². The van der Waals surface area contributed by atoms with Crippen molar-refractivity contribution in [2.75, 3.05) is 6.54 Å². The van der Waals surface area contributed by atoms with Gasteiger partial charge in [-0.2, -0.15) is 0 Å². The number of pyridine rings is 1. The molecule has 1 aromatic rings. The molecule has 1 rings (SSSR count). The molecule has 0 radical (unpaired) electrons. The Balaban J connectivity index is 2.62. The zero-order valence-electron chi connectivity index (χ0n) is 9.12. The summed E-state index contributed by atoms with van der Waals surface area (Å²) < 4.78 is 1.59. The molecule has 1 N–H and O–H groups in total. The minimum absolute atomic E-state index is 0.0142. The van der Waals surface area contributed by atoms with Crippen molar-refractivity contribution in [3.8, 4) is 0 Å². The molecule has 0 bridgehead atoms. The molecule has 1 amide bonds. The first-order valence-corrected chi connectivity index (χ1v) is 5.07. The molecule has 1 aromatic heterocycles. The maximum Gasteiger partial charge on any atom is 0.250 e. The van der Waals surface area contributed by atoms with Gasteiger partial charge < -0.3 is 9.88 Å². The molecule has 0 aliphatic rings. The van der Waals surface area contributed by atoms with E-state index in [1.54, 1.807) is 16.8 Å². The summed E-state index contributed by atoms with van der Waals surface area (Å²) in [6, 6.07) is 3.56. The van der Waals surface area contributed by atoms with E-state index in [-0.39, 0.29) is 11.5 Å². The van der Waals surface area contributed by atoms with Gasteiger partial charge in [-0.3, -0.25) is 9.59 Å². The first kappa shape index (κ1) is 11.5. The third kappa shape index (κ3) is 3.58. The second kappa shape index (κ2) is 5.34. The van der Waals surface area contributed by atoms with Gasteiger partial charge in [0.25, 0.3) is 5.56 Å². The van der Waals surface area contributed by atoms with Crippen LogP contribution in [0.1, 0.15) is 19.4 Å². The smallest absolute Gasteiger partial charge is 0.250 e. The van der Waals surface area contributed by atoms with Crippen LogP contribution in [0.3, 0.4) is 0 Å². The molecule has 0 saturated carbocycles. The van der Waals surface area contributed by atoms with Gasteiger partial charge in [0.2, 0.25) is 5.91 Å². The number of rotatable bonds is 4. The van der Waals surface area contributed by atoms with Crippen molar-refractivity contribution in [1.82, 2.24) is 9.88 Å². The quantitative estimate of drug-likeness (QED) is 0.785. The number of carbonyl (C=O) groups is 1. The Kier molecular flexibility index (Phi) is 4.09. The van der Waals surface area contributed by atoms with E-state index in [0.717, 1.165) is 12.0 Å². The van der Waals surface area contributed by atoms with E-state index < -0.39 is 0 Å². The molecule has 4 nitrogen and oxygen atoms in total. The second-order valence-corrected chi connectivity index (χ2v) is 3.40. The molecule has 82 valence electrons. The lowest BCUT2D eigenvalue weighted by atomic mass is 10.2. The Hall–Kier alpha value is -1.58. The highest BCUT2D eigenvalue weighted by Gasteiger charge is 1.97. The Morgan fingerprint density at radius 2 is 2.27 bits per heavy atom. The third-order valence-electron chi connectivity index (χ3n) is 2.20. The number of nitrogens with one attached hydrogen (secondary N) is 1. The molecule has 1 heterocycles. The van der Waals surface area contributed by atoms with Crippen LogP contribution in [-0.4, -0.2) is 17.0 Å². The van der Waals surface area contributed by atoms with Crippen LogP contribution in [-0.2, 0) is 17.8 Å². The zero-order valence-corrected chi connectivity index (χ0v) is 9.12. The van der Waals surface area contributed by atoms with Crippen LogP contribution in [0.15, 0.2) is 23.1 Å². The number of hydrogen-bond acceptors (Lipinski definition) is 2. The maximum absolute atomic E-state index is 11.5. The molecule has 4 heteroatoms. The minimum atomic E-state index is -0.0757. The van der Waals surface area contributed by atoms with E-state index in [0.29, 0.717) is 13.1 Å². The number of hydrogen-bond donors (Lipinski definition) is 1. The first-order valence-electron chi connectivity index (χ1n) is 5.07. The van der Waals surface area contributed by atoms with E-state index in [1.807, 2.05) is 13.0 Å². The van der Waals surface area contributed by atoms with Gasteiger partial charge in [0, 0.05) is 32.3 Å². The molecule has 0 fully saturated rings. The van der Waals surface area contributed by atoms with Crippen molar-refractivity contribution in [2.24, 2.45) is 0 Å². The number of carbonyl (C=O) groups excluding carboxylic acids is 1. The average molecular weight is 208 g/mol. The average Bonchev–Trinajstić information content (AvgIpc) is 2.20. The van der Waals surface area contributed by atoms with E-state index in [4.69, 9.17) is 0 Å². The van der Waals surface area contributed by atoms with E-state index in [2.05, 4.69) is 5.32 Å². The maximum atomic E-state index is 11.5. The van der Waals surface area contributed by atoms with E-state index >= 15 is 0 Å². The predicted octanol–water partition coefficient (Wildman–Crippen LogP) is 0.547. The lowest BCUT2D eigenvalue weighted by Gasteiger charge is -2.06. The molecule has 0 aliphatic heterocycles. The van der Waals surface area contributed by atoms with Gasteiger partial charge in [0.05, 0.1) is 0 Å². The van der Waals surface area contributed by atoms with Crippen molar-refractivity contribution in [2.45, 2.75) is 26.8 Å². The summed E-state index contributed by atoms with van der Waals surface area (Å²) in [5.74, 6) is -0.0757. The largest absolute Gasteiger partial charge is 0.355 e. The fourth-order valence-corrected chi connectivity index (χ4v) is 1.31. The molecular weight excluding hydrogens is 192 g/mol. The van der Waals surface area contributed by atoms with E-state index in [9.17, 15) is 9.59 Å². The molecular formula is C11H16N2O2. The Morgan fingerprint density at radius 3 is 2.80 bits per heavy atom. The van der Waals surface area contributed by atoms with Gasteiger partial charge in [-0.1, -0.05) is 6.92 Å². The normalized spacial score (nSPS) is 10.0. The van der Waals surface area contributed by atoms with Crippen LogP contribution < -0.4 is 10.9 Å². The first-order chi connectivity index (χ1) is 7.13. The molecule has 0 saturated heterocycles. The third-order valence-corrected chi connectivity index (χ3v) is 2.20. The summed E-state index contributed by atoms with van der Waals surface area (Å²) >= 11 is 0. The van der Waals surface area contributed by atoms with Crippen LogP contribution in [0.2, 0.25) is 0 Å². The fraction of sp³-hybridized carbons (Fsp3) is 0.455. The Morgan fingerprint density at radius 1 is 1.53 bits per heavy atom. The number of amides is 1. The Bertz CT molecular complexity index is 396. The molecule has 15 heavy (non-hydrogen) atoms. The molecule has 0 atom stereocenters. The standard InChI is InChI=1S/C11H16N2O2/c1-3-10-4-6-13(11(15)8-10)7-5-12-9(2)14/h4,6,8H,3,5,7H2,1-2H3,(H,12,14). The van der Waals surface area contributed by atoms with Crippen LogP contribution in [0, 0.1) is 0 Å². The lowest BCUT2D eigenvalue weighted by Crippen LogP contribution is -2.28. The minimum Gasteiger partial charge on any atom is -0.355 e. The number of aryl methyl sites for hydroxylation is 1. The van der Waals surface area contributed by atoms with Gasteiger partial charge in [-0.25, -0.2) is 0 Å². The van der Waals surface area contributed by atoms with Gasteiger partial charge in [-0.05, 0) is 18.1 Å². The monoisotopic (exact) mass is 208 g/mol. The summed E-state index contributed by atoms with van der Waals surface area (Å²) in [4.78, 5) is 22.1. The van der Waals surface area contributed by atoms with Crippen molar-refractivity contribution < 1.29 is 4.79 Å². The van der Waals surface area contributed by atoms with Crippen LogP contribution in [0.5, 0.6) is 0 Å². The van der Waals surface area contributed by atoms with Crippen molar-refractivity contribution in [1.29, 1.82) is 0 Å². The zero-order chi connectivity index (χ0) is 11.3. The van der Waals surface area contributed by atoms with Gasteiger partial charge in [0.1, 0.15) is 0 Å². The fourth-order valence-electron chi connectivity index (χ4n) is 1.31.